The molecule has 2 aromatic carbocycles. The van der Waals surface area contributed by atoms with E-state index >= 15 is 0 Å². The van der Waals surface area contributed by atoms with E-state index < -0.39 is 11.7 Å². The van der Waals surface area contributed by atoms with Gasteiger partial charge in [-0.25, -0.2) is 4.79 Å². The molecular formula is C27H33N3O4. The van der Waals surface area contributed by atoms with Gasteiger partial charge in [-0.15, -0.1) is 0 Å². The molecule has 2 amide bonds. The molecule has 0 atom stereocenters. The van der Waals surface area contributed by atoms with Gasteiger partial charge in [0.25, 0.3) is 0 Å². The molecule has 0 bridgehead atoms. The van der Waals surface area contributed by atoms with E-state index in [9.17, 15) is 9.59 Å². The molecule has 0 saturated carbocycles. The topological polar surface area (TPSA) is 89.5 Å². The number of carbonyl (C=O) groups excluding carboxylic acids is 2. The number of nitrogens with one attached hydrogen (secondary N) is 2. The average Bonchev–Trinajstić information content (AvgIpc) is 2.79. The van der Waals surface area contributed by atoms with Crippen LogP contribution in [-0.2, 0) is 16.1 Å². The predicted molar refractivity (Wildman–Crippen MR) is 134 cm³/mol. The fraction of sp³-hybridized carbons (Fsp3) is 0.370. The Morgan fingerprint density at radius 1 is 0.971 bits per heavy atom. The summed E-state index contributed by atoms with van der Waals surface area (Å²) in [5.74, 6) is 0.597. The highest BCUT2D eigenvalue weighted by molar-refractivity contribution is 6.01. The Bertz CT molecular complexity index is 1090. The minimum Gasteiger partial charge on any atom is -0.489 e. The number of pyridine rings is 1. The van der Waals surface area contributed by atoms with Crippen molar-refractivity contribution in [2.45, 2.75) is 58.7 Å². The summed E-state index contributed by atoms with van der Waals surface area (Å²) in [6, 6.07) is 17.5. The molecule has 7 nitrogen and oxygen atoms in total. The molecule has 0 saturated heterocycles. The molecular weight excluding hydrogens is 430 g/mol. The Labute approximate surface area is 200 Å². The second kappa shape index (κ2) is 12.0. The first-order valence-corrected chi connectivity index (χ1v) is 11.6. The summed E-state index contributed by atoms with van der Waals surface area (Å²) >= 11 is 0. The standard InChI is InChI=1S/C27H33N3O4/c1-27(2,3)34-26(32)29-15-9-5-8-14-24(31)30-23-18-22(17-21-13-10-16-28-25(21)23)33-19-20-11-6-4-7-12-20/h4,6-7,10-13,16-18H,5,8-9,14-15,19H2,1-3H3,(H,29,32)(H,30,31). The third kappa shape index (κ3) is 8.39. The Morgan fingerprint density at radius 2 is 1.76 bits per heavy atom. The van der Waals surface area contributed by atoms with Crippen LogP contribution < -0.4 is 15.4 Å². The van der Waals surface area contributed by atoms with Crippen molar-refractivity contribution >= 4 is 28.6 Å². The zero-order valence-electron chi connectivity index (χ0n) is 20.1. The largest absolute Gasteiger partial charge is 0.489 e. The van der Waals surface area contributed by atoms with Crippen LogP contribution in [0.5, 0.6) is 5.75 Å². The summed E-state index contributed by atoms with van der Waals surface area (Å²) in [6.45, 7) is 6.45. The van der Waals surface area contributed by atoms with Crippen LogP contribution in [-0.4, -0.2) is 29.1 Å². The second-order valence-electron chi connectivity index (χ2n) is 9.11. The lowest BCUT2D eigenvalue weighted by Gasteiger charge is -2.19. The highest BCUT2D eigenvalue weighted by Gasteiger charge is 2.15. The number of nitrogens with zero attached hydrogens (tertiary/aromatic N) is 1. The number of carbonyl (C=O) groups is 2. The summed E-state index contributed by atoms with van der Waals surface area (Å²) in [5.41, 5.74) is 1.92. The number of rotatable bonds is 10. The number of amides is 2. The fourth-order valence-corrected chi connectivity index (χ4v) is 3.39. The van der Waals surface area contributed by atoms with E-state index in [-0.39, 0.29) is 5.91 Å². The Balaban J connectivity index is 1.49. The summed E-state index contributed by atoms with van der Waals surface area (Å²) in [5, 5.41) is 6.62. The second-order valence-corrected chi connectivity index (χ2v) is 9.11. The number of hydrogen-bond acceptors (Lipinski definition) is 5. The molecule has 180 valence electrons. The van der Waals surface area contributed by atoms with Crippen molar-refractivity contribution in [2.24, 2.45) is 0 Å². The molecule has 3 rings (SSSR count). The maximum Gasteiger partial charge on any atom is 0.407 e. The molecule has 0 aliphatic carbocycles. The van der Waals surface area contributed by atoms with Crippen molar-refractivity contribution in [3.05, 3.63) is 66.4 Å². The van der Waals surface area contributed by atoms with Crippen LogP contribution in [0.25, 0.3) is 10.9 Å². The Morgan fingerprint density at radius 3 is 2.53 bits per heavy atom. The minimum atomic E-state index is -0.509. The van der Waals surface area contributed by atoms with Crippen LogP contribution in [0.2, 0.25) is 0 Å². The van der Waals surface area contributed by atoms with Crippen molar-refractivity contribution in [3.8, 4) is 5.75 Å². The third-order valence-corrected chi connectivity index (χ3v) is 4.95. The zero-order valence-corrected chi connectivity index (χ0v) is 20.1. The lowest BCUT2D eigenvalue weighted by atomic mass is 10.1. The van der Waals surface area contributed by atoms with Crippen LogP contribution in [0.4, 0.5) is 10.5 Å². The SMILES string of the molecule is CC(C)(C)OC(=O)NCCCCCC(=O)Nc1cc(OCc2ccccc2)cc2cccnc12. The molecule has 2 N–H and O–H groups in total. The normalized spacial score (nSPS) is 11.1. The quantitative estimate of drug-likeness (QED) is 0.369. The van der Waals surface area contributed by atoms with E-state index in [1.165, 1.54) is 0 Å². The molecule has 0 aliphatic rings. The van der Waals surface area contributed by atoms with Gasteiger partial charge < -0.3 is 20.1 Å². The van der Waals surface area contributed by atoms with Gasteiger partial charge in [0.2, 0.25) is 5.91 Å². The summed E-state index contributed by atoms with van der Waals surface area (Å²) in [7, 11) is 0. The van der Waals surface area contributed by atoms with Gasteiger partial charge in [0.15, 0.2) is 0 Å². The average molecular weight is 464 g/mol. The van der Waals surface area contributed by atoms with Gasteiger partial charge in [0.1, 0.15) is 18.0 Å². The first-order valence-electron chi connectivity index (χ1n) is 11.6. The zero-order chi connectivity index (χ0) is 24.4. The molecule has 0 fully saturated rings. The lowest BCUT2D eigenvalue weighted by Crippen LogP contribution is -2.33. The van der Waals surface area contributed by atoms with Crippen molar-refractivity contribution in [2.75, 3.05) is 11.9 Å². The summed E-state index contributed by atoms with van der Waals surface area (Å²) in [4.78, 5) is 28.7. The number of benzene rings is 2. The summed E-state index contributed by atoms with van der Waals surface area (Å²) in [6.07, 6.45) is 3.99. The lowest BCUT2D eigenvalue weighted by molar-refractivity contribution is -0.116. The van der Waals surface area contributed by atoms with Crippen LogP contribution >= 0.6 is 0 Å². The van der Waals surface area contributed by atoms with E-state index in [4.69, 9.17) is 9.47 Å². The number of fused-ring (bicyclic) bond motifs is 1. The number of unbranched alkanes of at least 4 members (excludes halogenated alkanes) is 2. The number of ether oxygens (including phenoxy) is 2. The Hall–Kier alpha value is -3.61. The van der Waals surface area contributed by atoms with Gasteiger partial charge in [-0.1, -0.05) is 42.8 Å². The van der Waals surface area contributed by atoms with Crippen LogP contribution in [0.3, 0.4) is 0 Å². The first-order chi connectivity index (χ1) is 16.3. The Kier molecular flexibility index (Phi) is 8.85. The highest BCUT2D eigenvalue weighted by Crippen LogP contribution is 2.28. The summed E-state index contributed by atoms with van der Waals surface area (Å²) < 4.78 is 11.2. The predicted octanol–water partition coefficient (Wildman–Crippen LogP) is 5.84. The van der Waals surface area contributed by atoms with Crippen LogP contribution in [0.15, 0.2) is 60.8 Å². The number of alkyl carbamates (subject to hydrolysis) is 1. The van der Waals surface area contributed by atoms with E-state index in [2.05, 4.69) is 15.6 Å². The molecule has 1 heterocycles. The first kappa shape index (κ1) is 25.0. The van der Waals surface area contributed by atoms with Crippen molar-refractivity contribution < 1.29 is 19.1 Å². The van der Waals surface area contributed by atoms with Gasteiger partial charge in [-0.2, -0.15) is 0 Å². The monoisotopic (exact) mass is 463 g/mol. The van der Waals surface area contributed by atoms with E-state index in [1.54, 1.807) is 6.20 Å². The number of hydrogen-bond donors (Lipinski definition) is 2. The van der Waals surface area contributed by atoms with Gasteiger partial charge in [0, 0.05) is 30.6 Å². The third-order valence-electron chi connectivity index (χ3n) is 4.95. The fourth-order valence-electron chi connectivity index (χ4n) is 3.39. The highest BCUT2D eigenvalue weighted by atomic mass is 16.6. The van der Waals surface area contributed by atoms with Gasteiger partial charge in [0.05, 0.1) is 11.2 Å². The molecule has 0 aliphatic heterocycles. The van der Waals surface area contributed by atoms with Gasteiger partial charge in [-0.05, 0) is 51.3 Å². The van der Waals surface area contributed by atoms with E-state index in [0.717, 1.165) is 35.7 Å². The molecule has 7 heteroatoms. The number of aromatic nitrogens is 1. The van der Waals surface area contributed by atoms with Crippen LogP contribution in [0.1, 0.15) is 52.0 Å². The molecule has 34 heavy (non-hydrogen) atoms. The molecule has 0 unspecified atom stereocenters. The van der Waals surface area contributed by atoms with Crippen LogP contribution in [0, 0.1) is 0 Å². The maximum atomic E-state index is 12.6. The van der Waals surface area contributed by atoms with Crippen molar-refractivity contribution in [1.29, 1.82) is 0 Å². The minimum absolute atomic E-state index is 0.0766. The van der Waals surface area contributed by atoms with E-state index in [1.807, 2.05) is 75.4 Å². The molecule has 0 spiro atoms. The van der Waals surface area contributed by atoms with Crippen molar-refractivity contribution in [3.63, 3.8) is 0 Å². The molecule has 1 aromatic heterocycles. The molecule has 0 radical (unpaired) electrons. The number of anilines is 1. The van der Waals surface area contributed by atoms with Gasteiger partial charge >= 0.3 is 6.09 Å². The van der Waals surface area contributed by atoms with E-state index in [0.29, 0.717) is 31.0 Å². The van der Waals surface area contributed by atoms with Crippen molar-refractivity contribution in [1.82, 2.24) is 10.3 Å². The van der Waals surface area contributed by atoms with Gasteiger partial charge in [-0.3, -0.25) is 9.78 Å². The molecule has 3 aromatic rings. The maximum absolute atomic E-state index is 12.6. The smallest absolute Gasteiger partial charge is 0.407 e.